The topological polar surface area (TPSA) is 36.0 Å². The molecule has 0 bridgehead atoms. The first kappa shape index (κ1) is 21.3. The molecule has 3 fully saturated rings. The van der Waals surface area contributed by atoms with E-state index in [-0.39, 0.29) is 0 Å². The Morgan fingerprint density at radius 2 is 1.97 bits per heavy atom. The Balaban J connectivity index is 1.37. The van der Waals surface area contributed by atoms with E-state index >= 15 is 0 Å². The lowest BCUT2D eigenvalue weighted by Gasteiger charge is -2.44. The summed E-state index contributed by atoms with van der Waals surface area (Å²) in [4.78, 5) is 21.5. The smallest absolute Gasteiger partial charge is 0.225 e. The van der Waals surface area contributed by atoms with Crippen LogP contribution in [0.25, 0.3) is 0 Å². The van der Waals surface area contributed by atoms with Gasteiger partial charge in [-0.2, -0.15) is 0 Å². The molecule has 2 aliphatic heterocycles. The van der Waals surface area contributed by atoms with Gasteiger partial charge in [-0.25, -0.2) is 0 Å². The largest absolute Gasteiger partial charge is 0.381 e. The second-order valence-corrected chi connectivity index (χ2v) is 10.2. The molecule has 1 saturated carbocycles. The number of likely N-dealkylation sites (N-methyl/N-ethyl adjacent to an activating group) is 1. The average Bonchev–Trinajstić information content (AvgIpc) is 3.52. The average molecular weight is 420 g/mol. The van der Waals surface area contributed by atoms with Gasteiger partial charge in [-0.1, -0.05) is 0 Å². The molecule has 3 aliphatic rings. The number of carbonyl (C=O) groups excluding carboxylic acids is 1. The van der Waals surface area contributed by atoms with Crippen LogP contribution in [0.4, 0.5) is 0 Å². The highest BCUT2D eigenvalue weighted by Gasteiger charge is 2.37. The van der Waals surface area contributed by atoms with Crippen molar-refractivity contribution in [2.75, 3.05) is 46.4 Å². The van der Waals surface area contributed by atoms with E-state index < -0.39 is 0 Å². The van der Waals surface area contributed by atoms with Gasteiger partial charge >= 0.3 is 0 Å². The molecule has 1 atom stereocenters. The van der Waals surface area contributed by atoms with Crippen LogP contribution in [0.15, 0.2) is 11.4 Å². The molecule has 1 aromatic rings. The number of amides is 1. The van der Waals surface area contributed by atoms with Gasteiger partial charge in [0.25, 0.3) is 0 Å². The van der Waals surface area contributed by atoms with Crippen LogP contribution in [0.5, 0.6) is 0 Å². The molecule has 3 heterocycles. The van der Waals surface area contributed by atoms with Gasteiger partial charge in [0, 0.05) is 68.8 Å². The van der Waals surface area contributed by atoms with Crippen molar-refractivity contribution in [3.8, 4) is 0 Å². The van der Waals surface area contributed by atoms with Crippen molar-refractivity contribution in [2.24, 2.45) is 5.92 Å². The maximum atomic E-state index is 12.7. The lowest BCUT2D eigenvalue weighted by atomic mass is 9.98. The first-order valence-corrected chi connectivity index (χ1v) is 12.3. The number of nitrogens with zero attached hydrogens (tertiary/aromatic N) is 3. The number of carbonyl (C=O) groups is 1. The van der Waals surface area contributed by atoms with Crippen LogP contribution in [0.1, 0.15) is 49.0 Å². The summed E-state index contributed by atoms with van der Waals surface area (Å²) in [6.07, 6.45) is 6.83. The highest BCUT2D eigenvalue weighted by Crippen LogP contribution is 2.33. The number of aryl methyl sites for hydroxylation is 1. The number of ether oxygens (including phenoxy) is 1. The van der Waals surface area contributed by atoms with Crippen molar-refractivity contribution in [2.45, 2.75) is 64.1 Å². The fourth-order valence-electron chi connectivity index (χ4n) is 4.87. The van der Waals surface area contributed by atoms with Gasteiger partial charge in [-0.15, -0.1) is 11.3 Å². The summed E-state index contributed by atoms with van der Waals surface area (Å²) in [5.74, 6) is 0.761. The molecule has 5 nitrogen and oxygen atoms in total. The van der Waals surface area contributed by atoms with Gasteiger partial charge in [0.2, 0.25) is 5.91 Å². The molecule has 0 radical (unpaired) electrons. The van der Waals surface area contributed by atoms with E-state index in [1.165, 1.54) is 16.9 Å². The summed E-state index contributed by atoms with van der Waals surface area (Å²) in [5.41, 5.74) is 1.41. The minimum absolute atomic E-state index is 0.338. The van der Waals surface area contributed by atoms with E-state index in [4.69, 9.17) is 4.74 Å². The zero-order chi connectivity index (χ0) is 20.2. The Labute approximate surface area is 180 Å². The summed E-state index contributed by atoms with van der Waals surface area (Å²) in [6, 6.07) is 3.32. The van der Waals surface area contributed by atoms with Gasteiger partial charge in [0.15, 0.2) is 0 Å². The Morgan fingerprint density at radius 1 is 1.17 bits per heavy atom. The fraction of sp³-hybridized carbons (Fsp3) is 0.783. The molecule has 4 rings (SSSR count). The molecular formula is C23H37N3O2S. The maximum absolute atomic E-state index is 12.7. The van der Waals surface area contributed by atoms with E-state index in [9.17, 15) is 4.79 Å². The molecule has 29 heavy (non-hydrogen) atoms. The Hall–Kier alpha value is -0.950. The summed E-state index contributed by atoms with van der Waals surface area (Å²) < 4.78 is 5.64. The first-order chi connectivity index (χ1) is 14.1. The van der Waals surface area contributed by atoms with Crippen LogP contribution in [0.2, 0.25) is 0 Å². The molecule has 2 saturated heterocycles. The second-order valence-electron chi connectivity index (χ2n) is 9.20. The van der Waals surface area contributed by atoms with E-state index in [0.29, 0.717) is 23.9 Å². The number of hydrogen-bond donors (Lipinski definition) is 0. The molecule has 0 spiro atoms. The summed E-state index contributed by atoms with van der Waals surface area (Å²) >= 11 is 1.86. The van der Waals surface area contributed by atoms with Crippen molar-refractivity contribution in [3.05, 3.63) is 21.9 Å². The predicted molar refractivity (Wildman–Crippen MR) is 118 cm³/mol. The minimum atomic E-state index is 0.338. The zero-order valence-corrected chi connectivity index (χ0v) is 19.0. The molecule has 1 aliphatic carbocycles. The van der Waals surface area contributed by atoms with E-state index in [0.717, 1.165) is 78.0 Å². The lowest BCUT2D eigenvalue weighted by molar-refractivity contribution is -0.135. The molecular weight excluding hydrogens is 382 g/mol. The van der Waals surface area contributed by atoms with Crippen molar-refractivity contribution in [1.82, 2.24) is 14.7 Å². The standard InChI is InChI=1S/C23H37N3O2S/c1-18-9-15-29-22(18)17-24(2)11-12-26(20-7-13-28-14-8-20)21-4-3-10-25(16-21)23(27)19-5-6-19/h9,15,19-21H,3-8,10-14,16-17H2,1-2H3. The van der Waals surface area contributed by atoms with E-state index in [1.807, 2.05) is 11.3 Å². The molecule has 0 N–H and O–H groups in total. The highest BCUT2D eigenvalue weighted by atomic mass is 32.1. The van der Waals surface area contributed by atoms with Gasteiger partial charge in [-0.3, -0.25) is 9.69 Å². The van der Waals surface area contributed by atoms with Gasteiger partial charge in [0.1, 0.15) is 0 Å². The third-order valence-electron chi connectivity index (χ3n) is 6.89. The second kappa shape index (κ2) is 9.90. The molecule has 162 valence electrons. The van der Waals surface area contributed by atoms with Crippen LogP contribution in [0.3, 0.4) is 0 Å². The van der Waals surface area contributed by atoms with Crippen molar-refractivity contribution >= 4 is 17.2 Å². The molecule has 1 aromatic heterocycles. The monoisotopic (exact) mass is 419 g/mol. The van der Waals surface area contributed by atoms with Crippen LogP contribution >= 0.6 is 11.3 Å². The van der Waals surface area contributed by atoms with Crippen LogP contribution < -0.4 is 0 Å². The van der Waals surface area contributed by atoms with Crippen LogP contribution in [-0.2, 0) is 16.1 Å². The maximum Gasteiger partial charge on any atom is 0.225 e. The third kappa shape index (κ3) is 5.60. The van der Waals surface area contributed by atoms with Crippen LogP contribution in [-0.4, -0.2) is 79.1 Å². The lowest BCUT2D eigenvalue weighted by Crippen LogP contribution is -2.55. The normalized spacial score (nSPS) is 23.9. The summed E-state index contributed by atoms with van der Waals surface area (Å²) in [6.45, 7) is 9.05. The van der Waals surface area contributed by atoms with Crippen LogP contribution in [0, 0.1) is 12.8 Å². The van der Waals surface area contributed by atoms with Gasteiger partial charge in [-0.05, 0) is 69.5 Å². The Morgan fingerprint density at radius 3 is 2.66 bits per heavy atom. The van der Waals surface area contributed by atoms with Gasteiger partial charge < -0.3 is 14.5 Å². The molecule has 0 aromatic carbocycles. The molecule has 1 unspecified atom stereocenters. The fourth-order valence-corrected chi connectivity index (χ4v) is 5.86. The SMILES string of the molecule is Cc1ccsc1CN(C)CCN(C1CCOCC1)C1CCCN(C(=O)C2CC2)C1. The van der Waals surface area contributed by atoms with Crippen molar-refractivity contribution in [1.29, 1.82) is 0 Å². The predicted octanol–water partition coefficient (Wildman–Crippen LogP) is 3.37. The zero-order valence-electron chi connectivity index (χ0n) is 18.1. The minimum Gasteiger partial charge on any atom is -0.381 e. The molecule has 6 heteroatoms. The molecule has 1 amide bonds. The number of thiophene rings is 1. The van der Waals surface area contributed by atoms with E-state index in [2.05, 4.69) is 40.1 Å². The Bertz CT molecular complexity index is 669. The number of hydrogen-bond acceptors (Lipinski definition) is 5. The van der Waals surface area contributed by atoms with Crippen molar-refractivity contribution < 1.29 is 9.53 Å². The quantitative estimate of drug-likeness (QED) is 0.647. The Kier molecular flexibility index (Phi) is 7.27. The number of rotatable bonds is 8. The highest BCUT2D eigenvalue weighted by molar-refractivity contribution is 7.10. The number of piperidine rings is 1. The summed E-state index contributed by atoms with van der Waals surface area (Å²) in [5, 5.41) is 2.19. The van der Waals surface area contributed by atoms with Gasteiger partial charge in [0.05, 0.1) is 0 Å². The van der Waals surface area contributed by atoms with Crippen molar-refractivity contribution in [3.63, 3.8) is 0 Å². The third-order valence-corrected chi connectivity index (χ3v) is 7.89. The number of likely N-dealkylation sites (tertiary alicyclic amines) is 1. The first-order valence-electron chi connectivity index (χ1n) is 11.5. The summed E-state index contributed by atoms with van der Waals surface area (Å²) in [7, 11) is 2.24. The van der Waals surface area contributed by atoms with E-state index in [1.54, 1.807) is 0 Å².